The smallest absolute Gasteiger partial charge is 0.407 e. The zero-order chi connectivity index (χ0) is 25.3. The number of ether oxygens (including phenoxy) is 1. The third-order valence-electron chi connectivity index (χ3n) is 7.92. The van der Waals surface area contributed by atoms with Crippen LogP contribution in [0, 0.1) is 29.5 Å². The number of hydrogen-bond donors (Lipinski definition) is 2. The summed E-state index contributed by atoms with van der Waals surface area (Å²) in [4.78, 5) is 16.5. The van der Waals surface area contributed by atoms with Gasteiger partial charge in [0.15, 0.2) is 0 Å². The van der Waals surface area contributed by atoms with Gasteiger partial charge in [0.05, 0.1) is 17.6 Å². The second-order valence-corrected chi connectivity index (χ2v) is 12.0. The summed E-state index contributed by atoms with van der Waals surface area (Å²) in [5.74, 6) is 0.193. The number of nitrogens with zero attached hydrogens (tertiary/aromatic N) is 1. The standard InChI is InChI=1S/C27H32FN3O4S/c1-2-35-27(32)31-23-9-10-24-19(14-23)12-20-16-30-36(33,34)26(20)25(24)11-8-22-7-6-18(15-29-22)17-4-3-5-21(28)13-17/h3-8,11,13,15,19-20,23-26,30H,2,9-10,12,14,16H2,1H3,(H,31,32)/b11-8+/t19-,20+,23+,24-,25+,26-/m1/s1. The van der Waals surface area contributed by atoms with Gasteiger partial charge in [-0.15, -0.1) is 0 Å². The minimum Gasteiger partial charge on any atom is -0.450 e. The van der Waals surface area contributed by atoms with Gasteiger partial charge >= 0.3 is 6.09 Å². The highest BCUT2D eigenvalue weighted by Crippen LogP contribution is 2.50. The number of carbonyl (C=O) groups excluding carboxylic acids is 1. The molecular formula is C27H32FN3O4S. The average molecular weight is 514 g/mol. The van der Waals surface area contributed by atoms with Crippen molar-refractivity contribution in [3.05, 3.63) is 60.2 Å². The Kier molecular flexibility index (Phi) is 7.12. The Morgan fingerprint density at radius 1 is 1.19 bits per heavy atom. The lowest BCUT2D eigenvalue weighted by atomic mass is 9.61. The van der Waals surface area contributed by atoms with Gasteiger partial charge in [0.1, 0.15) is 5.82 Å². The van der Waals surface area contributed by atoms with E-state index in [1.165, 1.54) is 12.1 Å². The van der Waals surface area contributed by atoms with Crippen LogP contribution < -0.4 is 10.0 Å². The zero-order valence-corrected chi connectivity index (χ0v) is 21.1. The summed E-state index contributed by atoms with van der Waals surface area (Å²) in [6.07, 6.45) is 8.59. The number of benzene rings is 1. The van der Waals surface area contributed by atoms with Crippen LogP contribution >= 0.6 is 0 Å². The maximum Gasteiger partial charge on any atom is 0.407 e. The maximum absolute atomic E-state index is 13.6. The molecule has 3 aliphatic rings. The van der Waals surface area contributed by atoms with Crippen molar-refractivity contribution in [2.75, 3.05) is 13.2 Å². The van der Waals surface area contributed by atoms with E-state index in [1.807, 2.05) is 30.4 Å². The van der Waals surface area contributed by atoms with Crippen molar-refractivity contribution in [2.45, 2.75) is 43.9 Å². The Hall–Kier alpha value is -2.78. The van der Waals surface area contributed by atoms with E-state index in [0.29, 0.717) is 19.1 Å². The van der Waals surface area contributed by atoms with Gasteiger partial charge in [0, 0.05) is 24.3 Å². The molecule has 9 heteroatoms. The molecule has 1 aromatic heterocycles. The fourth-order valence-electron chi connectivity index (χ4n) is 6.40. The molecule has 2 aromatic rings. The van der Waals surface area contributed by atoms with Crippen LogP contribution in [-0.2, 0) is 14.8 Å². The summed E-state index contributed by atoms with van der Waals surface area (Å²) >= 11 is 0. The topological polar surface area (TPSA) is 97.4 Å². The van der Waals surface area contributed by atoms with Crippen molar-refractivity contribution in [3.8, 4) is 11.1 Å². The number of amides is 1. The molecule has 1 aromatic carbocycles. The van der Waals surface area contributed by atoms with Gasteiger partial charge in [-0.3, -0.25) is 4.98 Å². The molecule has 1 saturated heterocycles. The number of fused-ring (bicyclic) bond motifs is 2. The van der Waals surface area contributed by atoms with Crippen molar-refractivity contribution in [1.82, 2.24) is 15.0 Å². The molecule has 1 aliphatic heterocycles. The molecule has 2 saturated carbocycles. The van der Waals surface area contributed by atoms with Crippen molar-refractivity contribution >= 4 is 22.2 Å². The van der Waals surface area contributed by atoms with Crippen LogP contribution in [0.25, 0.3) is 17.2 Å². The van der Waals surface area contributed by atoms with E-state index in [1.54, 1.807) is 19.2 Å². The Labute approximate surface area is 211 Å². The second kappa shape index (κ2) is 10.3. The number of rotatable bonds is 5. The molecule has 192 valence electrons. The van der Waals surface area contributed by atoms with E-state index in [0.717, 1.165) is 42.5 Å². The predicted molar refractivity (Wildman–Crippen MR) is 136 cm³/mol. The van der Waals surface area contributed by atoms with Crippen LogP contribution in [0.4, 0.5) is 9.18 Å². The van der Waals surface area contributed by atoms with Crippen LogP contribution in [0.1, 0.15) is 38.3 Å². The molecule has 0 bridgehead atoms. The lowest BCUT2D eigenvalue weighted by molar-refractivity contribution is 0.0802. The van der Waals surface area contributed by atoms with Crippen molar-refractivity contribution in [3.63, 3.8) is 0 Å². The van der Waals surface area contributed by atoms with Crippen LogP contribution in [-0.4, -0.2) is 43.9 Å². The number of carbonyl (C=O) groups is 1. The number of halogens is 1. The van der Waals surface area contributed by atoms with Gasteiger partial charge in [0.25, 0.3) is 0 Å². The van der Waals surface area contributed by atoms with Gasteiger partial charge in [-0.25, -0.2) is 22.3 Å². The Morgan fingerprint density at radius 3 is 2.81 bits per heavy atom. The SMILES string of the molecule is CCOC(=O)N[C@H]1CC[C@@H]2[C@@H](C1)C[C@H]1CNS(=O)(=O)[C@H]1[C@H]2/C=C/c1ccc(-c2cccc(F)c2)cn1. The van der Waals surface area contributed by atoms with Crippen molar-refractivity contribution in [1.29, 1.82) is 0 Å². The fourth-order valence-corrected chi connectivity index (χ4v) is 8.46. The van der Waals surface area contributed by atoms with Gasteiger partial charge < -0.3 is 10.1 Å². The number of hydrogen-bond acceptors (Lipinski definition) is 5. The first kappa shape index (κ1) is 24.9. The van der Waals surface area contributed by atoms with Crippen LogP contribution in [0.2, 0.25) is 0 Å². The highest BCUT2D eigenvalue weighted by atomic mass is 32.2. The number of nitrogens with one attached hydrogen (secondary N) is 2. The van der Waals surface area contributed by atoms with Crippen LogP contribution in [0.15, 0.2) is 48.7 Å². The second-order valence-electron chi connectivity index (χ2n) is 10.1. The van der Waals surface area contributed by atoms with Gasteiger partial charge in [-0.1, -0.05) is 24.3 Å². The molecule has 36 heavy (non-hydrogen) atoms. The molecule has 1 amide bonds. The molecule has 5 rings (SSSR count). The number of sulfonamides is 1. The van der Waals surface area contributed by atoms with Gasteiger partial charge in [-0.2, -0.15) is 0 Å². The first-order chi connectivity index (χ1) is 17.3. The van der Waals surface area contributed by atoms with E-state index < -0.39 is 15.3 Å². The Morgan fingerprint density at radius 2 is 2.06 bits per heavy atom. The zero-order valence-electron chi connectivity index (χ0n) is 20.3. The molecule has 0 radical (unpaired) electrons. The first-order valence-corrected chi connectivity index (χ1v) is 14.2. The molecule has 0 spiro atoms. The number of aromatic nitrogens is 1. The van der Waals surface area contributed by atoms with Crippen molar-refractivity contribution < 1.29 is 22.3 Å². The molecule has 7 nitrogen and oxygen atoms in total. The van der Waals surface area contributed by atoms with Crippen molar-refractivity contribution in [2.24, 2.45) is 23.7 Å². The highest BCUT2D eigenvalue weighted by molar-refractivity contribution is 7.90. The molecule has 3 fully saturated rings. The molecule has 2 aliphatic carbocycles. The normalized spacial score (nSPS) is 30.9. The lowest BCUT2D eigenvalue weighted by Crippen LogP contribution is -2.49. The van der Waals surface area contributed by atoms with E-state index in [-0.39, 0.29) is 35.7 Å². The van der Waals surface area contributed by atoms with Gasteiger partial charge in [-0.05, 0) is 86.1 Å². The summed E-state index contributed by atoms with van der Waals surface area (Å²) in [5, 5.41) is 2.53. The highest BCUT2D eigenvalue weighted by Gasteiger charge is 2.53. The van der Waals surface area contributed by atoms with Gasteiger partial charge in [0.2, 0.25) is 10.0 Å². The minimum absolute atomic E-state index is 0.0504. The third kappa shape index (κ3) is 5.18. The summed E-state index contributed by atoms with van der Waals surface area (Å²) in [6, 6.07) is 10.2. The third-order valence-corrected chi connectivity index (χ3v) is 9.91. The monoisotopic (exact) mass is 513 g/mol. The maximum atomic E-state index is 13.6. The first-order valence-electron chi connectivity index (χ1n) is 12.7. The summed E-state index contributed by atoms with van der Waals surface area (Å²) in [5.41, 5.74) is 2.31. The van der Waals surface area contributed by atoms with E-state index >= 15 is 0 Å². The summed E-state index contributed by atoms with van der Waals surface area (Å²) in [7, 11) is -3.38. The van der Waals surface area contributed by atoms with Crippen LogP contribution in [0.5, 0.6) is 0 Å². The molecule has 2 N–H and O–H groups in total. The number of alkyl carbamates (subject to hydrolysis) is 1. The number of pyridine rings is 1. The van der Waals surface area contributed by atoms with Crippen LogP contribution in [0.3, 0.4) is 0 Å². The molecule has 0 unspecified atom stereocenters. The van der Waals surface area contributed by atoms with E-state index in [9.17, 15) is 17.6 Å². The predicted octanol–water partition coefficient (Wildman–Crippen LogP) is 4.37. The number of allylic oxidation sites excluding steroid dienone is 1. The summed E-state index contributed by atoms with van der Waals surface area (Å²) in [6.45, 7) is 2.59. The Bertz CT molecular complexity index is 1230. The molecule has 2 heterocycles. The Balaban J connectivity index is 1.35. The summed E-state index contributed by atoms with van der Waals surface area (Å²) < 4.78 is 47.3. The largest absolute Gasteiger partial charge is 0.450 e. The minimum atomic E-state index is -3.38. The van der Waals surface area contributed by atoms with E-state index in [4.69, 9.17) is 4.74 Å². The fraction of sp³-hybridized carbons (Fsp3) is 0.481. The van der Waals surface area contributed by atoms with E-state index in [2.05, 4.69) is 15.0 Å². The average Bonchev–Trinajstić information content (AvgIpc) is 3.16. The quantitative estimate of drug-likeness (QED) is 0.619. The lowest BCUT2D eigenvalue weighted by Gasteiger charge is -2.47. The molecule has 6 atom stereocenters. The molecular weight excluding hydrogens is 481 g/mol.